The number of aldehydes is 1. The molecule has 146 valence electrons. The van der Waals surface area contributed by atoms with Crippen LogP contribution >= 0.6 is 0 Å². The molecule has 4 rings (SSSR count). The molecule has 0 bridgehead atoms. The molecule has 0 saturated heterocycles. The van der Waals surface area contributed by atoms with Gasteiger partial charge in [0.05, 0.1) is 0 Å². The zero-order valence-corrected chi connectivity index (χ0v) is 17.1. The first-order chi connectivity index (χ1) is 12.5. The van der Waals surface area contributed by atoms with Crippen LogP contribution in [0.3, 0.4) is 0 Å². The van der Waals surface area contributed by atoms with Crippen molar-refractivity contribution in [1.29, 1.82) is 0 Å². The number of fused-ring (bicyclic) bond motifs is 4. The highest BCUT2D eigenvalue weighted by Crippen LogP contribution is 2.65. The van der Waals surface area contributed by atoms with Gasteiger partial charge in [-0.15, -0.1) is 0 Å². The van der Waals surface area contributed by atoms with Gasteiger partial charge in [-0.25, -0.2) is 0 Å². The van der Waals surface area contributed by atoms with Crippen molar-refractivity contribution in [3.63, 3.8) is 0 Å². The van der Waals surface area contributed by atoms with E-state index in [9.17, 15) is 4.79 Å². The molecule has 6 atom stereocenters. The summed E-state index contributed by atoms with van der Waals surface area (Å²) in [6.45, 7) is 4.80. The molecule has 2 fully saturated rings. The van der Waals surface area contributed by atoms with Crippen molar-refractivity contribution >= 4 is 6.29 Å². The van der Waals surface area contributed by atoms with Gasteiger partial charge in [-0.2, -0.15) is 0 Å². The van der Waals surface area contributed by atoms with E-state index in [0.717, 1.165) is 49.4 Å². The van der Waals surface area contributed by atoms with Crippen LogP contribution in [0.1, 0.15) is 71.6 Å². The van der Waals surface area contributed by atoms with Crippen molar-refractivity contribution in [2.75, 3.05) is 14.2 Å². The van der Waals surface area contributed by atoms with Crippen LogP contribution in [-0.2, 0) is 14.3 Å². The number of hydrogen-bond acceptors (Lipinski definition) is 3. The zero-order chi connectivity index (χ0) is 18.5. The largest absolute Gasteiger partial charge is 0.353 e. The minimum absolute atomic E-state index is 0.249. The van der Waals surface area contributed by atoms with E-state index in [1.165, 1.54) is 38.4 Å². The van der Waals surface area contributed by atoms with Crippen molar-refractivity contribution < 1.29 is 14.3 Å². The van der Waals surface area contributed by atoms with E-state index in [4.69, 9.17) is 9.47 Å². The molecule has 0 unspecified atom stereocenters. The molecule has 4 aliphatic carbocycles. The molecule has 0 aromatic rings. The minimum Gasteiger partial charge on any atom is -0.353 e. The summed E-state index contributed by atoms with van der Waals surface area (Å²) in [6.07, 6.45) is 11.7. The Hall–Kier alpha value is -0.670. The Morgan fingerprint density at radius 1 is 1.15 bits per heavy atom. The Morgan fingerprint density at radius 3 is 2.58 bits per heavy atom. The number of ether oxygens (including phenoxy) is 2. The van der Waals surface area contributed by atoms with Crippen molar-refractivity contribution in [3.8, 4) is 0 Å². The molecule has 0 amide bonds. The van der Waals surface area contributed by atoms with Crippen LogP contribution in [0.25, 0.3) is 0 Å². The Balaban J connectivity index is 1.68. The Bertz CT molecular complexity index is 590. The van der Waals surface area contributed by atoms with Crippen LogP contribution in [0, 0.1) is 35.0 Å². The summed E-state index contributed by atoms with van der Waals surface area (Å²) in [5.74, 6) is 2.92. The Labute approximate surface area is 158 Å². The fourth-order valence-corrected chi connectivity index (χ4v) is 7.59. The molecule has 0 N–H and O–H groups in total. The molecule has 0 aliphatic heterocycles. The standard InChI is InChI=1S/C23H36O3/c1-5-15-12-22(2)17(14-24)7-9-20(22)19-8-6-16-13-23(25-3,26-4)11-10-18(16)21(15)19/h14-15,17,19-21H,5-13H2,1-4H3/t15-,17-,19-,20-,21+,22+/m0/s1. The molecular weight excluding hydrogens is 324 g/mol. The third-order valence-corrected chi connectivity index (χ3v) is 9.00. The SMILES string of the molecule is CC[C@H]1C[C@]2(C)[C@H](C=O)CC[C@H]2[C@@H]2CCC3=C(CCC(OC)(OC)C3)[C@@H]12. The monoisotopic (exact) mass is 360 g/mol. The Morgan fingerprint density at radius 2 is 1.92 bits per heavy atom. The smallest absolute Gasteiger partial charge is 0.171 e. The Kier molecular flexibility index (Phi) is 4.84. The van der Waals surface area contributed by atoms with E-state index in [2.05, 4.69) is 13.8 Å². The van der Waals surface area contributed by atoms with Crippen molar-refractivity contribution in [2.24, 2.45) is 35.0 Å². The van der Waals surface area contributed by atoms with Gasteiger partial charge in [0.1, 0.15) is 6.29 Å². The molecule has 0 aromatic carbocycles. The predicted molar refractivity (Wildman–Crippen MR) is 103 cm³/mol. The first kappa shape index (κ1) is 18.7. The van der Waals surface area contributed by atoms with Gasteiger partial charge in [0.25, 0.3) is 0 Å². The summed E-state index contributed by atoms with van der Waals surface area (Å²) in [6, 6.07) is 0. The summed E-state index contributed by atoms with van der Waals surface area (Å²) >= 11 is 0. The van der Waals surface area contributed by atoms with Crippen LogP contribution < -0.4 is 0 Å². The van der Waals surface area contributed by atoms with E-state index in [1.807, 2.05) is 0 Å². The molecule has 4 aliphatic rings. The molecule has 3 nitrogen and oxygen atoms in total. The first-order valence-corrected chi connectivity index (χ1v) is 10.8. The highest BCUT2D eigenvalue weighted by atomic mass is 16.7. The number of rotatable bonds is 4. The highest BCUT2D eigenvalue weighted by molar-refractivity contribution is 5.56. The number of methoxy groups -OCH3 is 2. The number of allylic oxidation sites excluding steroid dienone is 1. The van der Waals surface area contributed by atoms with Crippen LogP contribution in [0.15, 0.2) is 11.1 Å². The minimum atomic E-state index is -0.396. The van der Waals surface area contributed by atoms with Crippen LogP contribution in [0.2, 0.25) is 0 Å². The maximum absolute atomic E-state index is 11.8. The third-order valence-electron chi connectivity index (χ3n) is 9.00. The molecule has 2 saturated carbocycles. The van der Waals surface area contributed by atoms with Crippen LogP contribution in [0.4, 0.5) is 0 Å². The van der Waals surface area contributed by atoms with Crippen molar-refractivity contribution in [3.05, 3.63) is 11.1 Å². The van der Waals surface area contributed by atoms with E-state index in [-0.39, 0.29) is 5.41 Å². The van der Waals surface area contributed by atoms with Gasteiger partial charge in [-0.1, -0.05) is 31.4 Å². The fraction of sp³-hybridized carbons (Fsp3) is 0.870. The molecule has 0 radical (unpaired) electrons. The van der Waals surface area contributed by atoms with Crippen LogP contribution in [-0.4, -0.2) is 26.3 Å². The second kappa shape index (κ2) is 6.74. The predicted octanol–water partition coefficient (Wildman–Crippen LogP) is 5.14. The summed E-state index contributed by atoms with van der Waals surface area (Å²) in [4.78, 5) is 11.8. The van der Waals surface area contributed by atoms with E-state index in [1.54, 1.807) is 25.4 Å². The third kappa shape index (κ3) is 2.57. The van der Waals surface area contributed by atoms with Gasteiger partial charge in [-0.3, -0.25) is 0 Å². The number of carbonyl (C=O) groups excluding carboxylic acids is 1. The average Bonchev–Trinajstić information content (AvgIpc) is 3.02. The topological polar surface area (TPSA) is 35.5 Å². The summed E-state index contributed by atoms with van der Waals surface area (Å²) in [5, 5.41) is 0. The first-order valence-electron chi connectivity index (χ1n) is 10.8. The second-order valence-corrected chi connectivity index (χ2v) is 9.66. The van der Waals surface area contributed by atoms with E-state index >= 15 is 0 Å². The lowest BCUT2D eigenvalue weighted by atomic mass is 9.49. The maximum atomic E-state index is 11.8. The average molecular weight is 361 g/mol. The number of carbonyl (C=O) groups is 1. The van der Waals surface area contributed by atoms with E-state index < -0.39 is 5.79 Å². The van der Waals surface area contributed by atoms with Gasteiger partial charge >= 0.3 is 0 Å². The van der Waals surface area contributed by atoms with Gasteiger partial charge in [0.15, 0.2) is 5.79 Å². The quantitative estimate of drug-likeness (QED) is 0.395. The van der Waals surface area contributed by atoms with Crippen LogP contribution in [0.5, 0.6) is 0 Å². The van der Waals surface area contributed by atoms with Crippen molar-refractivity contribution in [2.45, 2.75) is 77.4 Å². The molecule has 0 heterocycles. The lowest BCUT2D eigenvalue weighted by Crippen LogP contribution is -2.49. The molecule has 0 spiro atoms. The molecule has 3 heteroatoms. The van der Waals surface area contributed by atoms with E-state index in [0.29, 0.717) is 5.92 Å². The normalized spacial score (nSPS) is 44.2. The molecule has 26 heavy (non-hydrogen) atoms. The van der Waals surface area contributed by atoms with Crippen molar-refractivity contribution in [1.82, 2.24) is 0 Å². The molecular formula is C23H36O3. The lowest BCUT2D eigenvalue weighted by molar-refractivity contribution is -0.213. The van der Waals surface area contributed by atoms with Gasteiger partial charge in [-0.05, 0) is 67.6 Å². The fourth-order valence-electron chi connectivity index (χ4n) is 7.59. The zero-order valence-electron chi connectivity index (χ0n) is 17.1. The van der Waals surface area contributed by atoms with Gasteiger partial charge in [0, 0.05) is 33.0 Å². The highest BCUT2D eigenvalue weighted by Gasteiger charge is 2.58. The lowest BCUT2D eigenvalue weighted by Gasteiger charge is -2.56. The second-order valence-electron chi connectivity index (χ2n) is 9.66. The number of hydrogen-bond donors (Lipinski definition) is 0. The maximum Gasteiger partial charge on any atom is 0.171 e. The summed E-state index contributed by atoms with van der Waals surface area (Å²) in [7, 11) is 3.58. The molecule has 0 aromatic heterocycles. The van der Waals surface area contributed by atoms with Gasteiger partial charge in [0.2, 0.25) is 0 Å². The summed E-state index contributed by atoms with van der Waals surface area (Å²) < 4.78 is 11.6. The van der Waals surface area contributed by atoms with Gasteiger partial charge < -0.3 is 14.3 Å². The summed E-state index contributed by atoms with van der Waals surface area (Å²) in [5.41, 5.74) is 3.64.